The molecule has 1 N–H and O–H groups in total. The largest absolute Gasteiger partial charge is 0.337 e. The fourth-order valence-corrected chi connectivity index (χ4v) is 7.43. The predicted octanol–water partition coefficient (Wildman–Crippen LogP) is 5.00. The molecule has 0 unspecified atom stereocenters. The Labute approximate surface area is 215 Å². The Morgan fingerprint density at radius 3 is 2.36 bits per heavy atom. The van der Waals surface area contributed by atoms with E-state index in [9.17, 15) is 18.5 Å². The number of benzene rings is 2. The van der Waals surface area contributed by atoms with Gasteiger partial charge in [0, 0.05) is 47.3 Å². The molecular formula is C27H28N4O3S2. The molecule has 3 aromatic rings. The number of anilines is 1. The third kappa shape index (κ3) is 4.16. The topological polar surface area (TPSA) is 95.2 Å². The molecule has 1 aliphatic heterocycles. The summed E-state index contributed by atoms with van der Waals surface area (Å²) < 4.78 is 29.6. The number of nitrogens with zero attached hydrogens (tertiary/aromatic N) is 3. The van der Waals surface area contributed by atoms with E-state index in [2.05, 4.69) is 15.4 Å². The number of carbonyl (C=O) groups is 1. The molecule has 186 valence electrons. The Balaban J connectivity index is 1.42. The summed E-state index contributed by atoms with van der Waals surface area (Å²) in [7, 11) is -3.33. The van der Waals surface area contributed by atoms with Gasteiger partial charge in [-0.3, -0.25) is 9.52 Å². The highest BCUT2D eigenvalue weighted by molar-refractivity contribution is 7.99. The minimum Gasteiger partial charge on any atom is -0.337 e. The van der Waals surface area contributed by atoms with Crippen molar-refractivity contribution in [2.75, 3.05) is 29.3 Å². The number of fused-ring (bicyclic) bond motifs is 1. The average molecular weight is 521 g/mol. The van der Waals surface area contributed by atoms with Crippen LogP contribution in [0.4, 0.5) is 5.69 Å². The Morgan fingerprint density at radius 1 is 1.03 bits per heavy atom. The number of thioether (sulfide) groups is 1. The number of nitriles is 1. The van der Waals surface area contributed by atoms with Crippen LogP contribution in [0.15, 0.2) is 42.5 Å². The summed E-state index contributed by atoms with van der Waals surface area (Å²) >= 11 is 1.87. The number of aromatic nitrogens is 1. The number of amides is 1. The lowest BCUT2D eigenvalue weighted by atomic mass is 9.92. The number of hydrogen-bond acceptors (Lipinski definition) is 5. The highest BCUT2D eigenvalue weighted by Crippen LogP contribution is 2.43. The molecule has 1 amide bonds. The lowest BCUT2D eigenvalue weighted by molar-refractivity contribution is 0.0772. The fraction of sp³-hybridized carbons (Fsp3) is 0.407. The number of sulfonamides is 1. The summed E-state index contributed by atoms with van der Waals surface area (Å²) in [5.41, 5.74) is 4.41. The van der Waals surface area contributed by atoms with E-state index in [1.165, 1.54) is 0 Å². The quantitative estimate of drug-likeness (QED) is 0.494. The van der Waals surface area contributed by atoms with Gasteiger partial charge in [-0.25, -0.2) is 8.42 Å². The van der Waals surface area contributed by atoms with Gasteiger partial charge < -0.3 is 9.47 Å². The number of rotatable bonds is 6. The van der Waals surface area contributed by atoms with E-state index < -0.39 is 10.0 Å². The molecule has 6 rings (SSSR count). The van der Waals surface area contributed by atoms with E-state index in [4.69, 9.17) is 0 Å². The molecule has 9 heteroatoms. The van der Waals surface area contributed by atoms with Gasteiger partial charge in [0.1, 0.15) is 6.07 Å². The summed E-state index contributed by atoms with van der Waals surface area (Å²) in [6.07, 6.45) is 4.62. The summed E-state index contributed by atoms with van der Waals surface area (Å²) in [5.74, 6) is 1.97. The molecule has 0 spiro atoms. The zero-order valence-corrected chi connectivity index (χ0v) is 21.6. The van der Waals surface area contributed by atoms with Crippen molar-refractivity contribution >= 4 is 44.3 Å². The van der Waals surface area contributed by atoms with Crippen molar-refractivity contribution < 1.29 is 13.2 Å². The van der Waals surface area contributed by atoms with Crippen LogP contribution >= 0.6 is 11.8 Å². The van der Waals surface area contributed by atoms with E-state index in [1.807, 2.05) is 47.0 Å². The van der Waals surface area contributed by atoms with Crippen LogP contribution in [0.3, 0.4) is 0 Å². The predicted molar refractivity (Wildman–Crippen MR) is 144 cm³/mol. The number of carbonyl (C=O) groups excluding carboxylic acids is 1. The van der Waals surface area contributed by atoms with Crippen LogP contribution in [-0.4, -0.2) is 53.6 Å². The number of hydrogen-bond donors (Lipinski definition) is 1. The van der Waals surface area contributed by atoms with Crippen LogP contribution in [0.25, 0.3) is 22.2 Å². The summed E-state index contributed by atoms with van der Waals surface area (Å²) in [6, 6.07) is 15.7. The minimum atomic E-state index is -3.33. The van der Waals surface area contributed by atoms with Crippen molar-refractivity contribution in [3.8, 4) is 17.3 Å². The van der Waals surface area contributed by atoms with Gasteiger partial charge in [0.2, 0.25) is 10.0 Å². The molecular weight excluding hydrogens is 492 g/mol. The molecule has 2 aliphatic carbocycles. The van der Waals surface area contributed by atoms with Crippen LogP contribution in [0.1, 0.15) is 54.1 Å². The van der Waals surface area contributed by atoms with E-state index >= 15 is 0 Å². The van der Waals surface area contributed by atoms with E-state index in [-0.39, 0.29) is 17.2 Å². The Hall–Kier alpha value is -2.96. The van der Waals surface area contributed by atoms with Gasteiger partial charge in [0.15, 0.2) is 0 Å². The third-order valence-electron chi connectivity index (χ3n) is 7.48. The molecule has 2 heterocycles. The summed E-state index contributed by atoms with van der Waals surface area (Å²) in [4.78, 5) is 15.1. The van der Waals surface area contributed by atoms with Crippen LogP contribution in [0.5, 0.6) is 0 Å². The van der Waals surface area contributed by atoms with Crippen molar-refractivity contribution in [2.45, 2.75) is 43.4 Å². The molecule has 1 aromatic heterocycles. The molecule has 36 heavy (non-hydrogen) atoms. The maximum Gasteiger partial charge on any atom is 0.253 e. The van der Waals surface area contributed by atoms with E-state index in [0.29, 0.717) is 29.7 Å². The van der Waals surface area contributed by atoms with Gasteiger partial charge in [-0.15, -0.1) is 0 Å². The van der Waals surface area contributed by atoms with Gasteiger partial charge in [0.25, 0.3) is 5.91 Å². The zero-order chi connectivity index (χ0) is 24.9. The first-order valence-corrected chi connectivity index (χ1v) is 15.2. The average Bonchev–Trinajstić information content (AvgIpc) is 3.68. The number of nitrogens with one attached hydrogen (secondary N) is 1. The molecule has 1 saturated heterocycles. The summed E-state index contributed by atoms with van der Waals surface area (Å²) in [6.45, 7) is 1.52. The molecule has 3 fully saturated rings. The van der Waals surface area contributed by atoms with Gasteiger partial charge >= 0.3 is 0 Å². The maximum atomic E-state index is 13.2. The maximum absolute atomic E-state index is 13.2. The van der Waals surface area contributed by atoms with Crippen LogP contribution < -0.4 is 4.72 Å². The zero-order valence-electron chi connectivity index (χ0n) is 19.9. The van der Waals surface area contributed by atoms with Gasteiger partial charge in [-0.05, 0) is 61.9 Å². The van der Waals surface area contributed by atoms with Crippen molar-refractivity contribution in [3.05, 3.63) is 53.6 Å². The fourth-order valence-electron chi connectivity index (χ4n) is 5.14. The normalized spacial score (nSPS) is 18.6. The van der Waals surface area contributed by atoms with Crippen molar-refractivity contribution in [3.63, 3.8) is 0 Å². The second-order valence-electron chi connectivity index (χ2n) is 9.85. The van der Waals surface area contributed by atoms with E-state index in [0.717, 1.165) is 66.0 Å². The van der Waals surface area contributed by atoms with Crippen LogP contribution in [0.2, 0.25) is 0 Å². The first kappa shape index (κ1) is 23.4. The second kappa shape index (κ2) is 9.16. The lowest BCUT2D eigenvalue weighted by Crippen LogP contribution is -2.37. The van der Waals surface area contributed by atoms with Crippen LogP contribution in [-0.2, 0) is 10.0 Å². The standard InChI is InChI=1S/C27H28N4O3S2/c28-17-24-23-11-6-19(27(32)30-12-14-35-15-13-30)16-25(23)31(21-2-1-3-21)26(24)18-4-7-20(8-5-18)29-36(33,34)22-9-10-22/h4-8,11,16,21-22,29H,1-3,9-10,12-15H2. The van der Waals surface area contributed by atoms with Crippen molar-refractivity contribution in [1.29, 1.82) is 5.26 Å². The smallest absolute Gasteiger partial charge is 0.253 e. The first-order chi connectivity index (χ1) is 17.5. The Kier molecular flexibility index (Phi) is 5.97. The van der Waals surface area contributed by atoms with Gasteiger partial charge in [-0.1, -0.05) is 18.2 Å². The first-order valence-electron chi connectivity index (χ1n) is 12.5. The van der Waals surface area contributed by atoms with Gasteiger partial charge in [0.05, 0.1) is 22.0 Å². The van der Waals surface area contributed by atoms with E-state index in [1.54, 1.807) is 12.1 Å². The highest BCUT2D eigenvalue weighted by atomic mass is 32.2. The van der Waals surface area contributed by atoms with Crippen LogP contribution in [0, 0.1) is 11.3 Å². The van der Waals surface area contributed by atoms with Gasteiger partial charge in [-0.2, -0.15) is 17.0 Å². The molecule has 0 atom stereocenters. The SMILES string of the molecule is N#Cc1c(-c2ccc(NS(=O)(=O)C3CC3)cc2)n(C2CCC2)c2cc(C(=O)N3CCSCC3)ccc12. The Morgan fingerprint density at radius 2 is 1.75 bits per heavy atom. The Bertz CT molecular complexity index is 1470. The monoisotopic (exact) mass is 520 g/mol. The van der Waals surface area contributed by atoms with Crippen molar-refractivity contribution in [1.82, 2.24) is 9.47 Å². The lowest BCUT2D eigenvalue weighted by Gasteiger charge is -2.30. The molecule has 2 aromatic carbocycles. The minimum absolute atomic E-state index is 0.0471. The van der Waals surface area contributed by atoms with Crippen molar-refractivity contribution in [2.24, 2.45) is 0 Å². The summed E-state index contributed by atoms with van der Waals surface area (Å²) in [5, 5.41) is 10.8. The third-order valence-corrected chi connectivity index (χ3v) is 10.3. The highest BCUT2D eigenvalue weighted by Gasteiger charge is 2.36. The molecule has 2 saturated carbocycles. The molecule has 0 radical (unpaired) electrons. The molecule has 3 aliphatic rings. The molecule has 7 nitrogen and oxygen atoms in total. The molecule has 0 bridgehead atoms. The second-order valence-corrected chi connectivity index (χ2v) is 13.0.